The van der Waals surface area contributed by atoms with Gasteiger partial charge in [-0.05, 0) is 19.3 Å². The molecule has 4 nitrogen and oxygen atoms in total. The van der Waals surface area contributed by atoms with Gasteiger partial charge < -0.3 is 5.32 Å². The smallest absolute Gasteiger partial charge is 0.157 e. The van der Waals surface area contributed by atoms with Gasteiger partial charge in [0.1, 0.15) is 0 Å². The Labute approximate surface area is 108 Å². The normalized spacial score (nSPS) is 36.2. The summed E-state index contributed by atoms with van der Waals surface area (Å²) in [7, 11) is -2.85. The summed E-state index contributed by atoms with van der Waals surface area (Å²) in [6.45, 7) is 6.31. The van der Waals surface area contributed by atoms with E-state index >= 15 is 0 Å². The topological polar surface area (TPSA) is 58.5 Å². The molecular formula is C11H20N2O2S2. The molecule has 17 heavy (non-hydrogen) atoms. The summed E-state index contributed by atoms with van der Waals surface area (Å²) < 4.78 is 23.0. The largest absolute Gasteiger partial charge is 0.359 e. The molecular weight excluding hydrogens is 256 g/mol. The molecule has 0 amide bonds. The van der Waals surface area contributed by atoms with E-state index in [4.69, 9.17) is 0 Å². The van der Waals surface area contributed by atoms with Crippen LogP contribution < -0.4 is 5.32 Å². The highest BCUT2D eigenvalue weighted by Gasteiger charge is 2.39. The van der Waals surface area contributed by atoms with E-state index in [1.54, 1.807) is 11.8 Å². The van der Waals surface area contributed by atoms with E-state index in [1.807, 2.05) is 6.92 Å². The van der Waals surface area contributed by atoms with Crippen molar-refractivity contribution >= 4 is 26.8 Å². The molecule has 1 N–H and O–H groups in total. The number of rotatable bonds is 2. The fraction of sp³-hybridized carbons (Fsp3) is 0.909. The second kappa shape index (κ2) is 4.46. The van der Waals surface area contributed by atoms with Crippen molar-refractivity contribution in [1.82, 2.24) is 5.32 Å². The van der Waals surface area contributed by atoms with Crippen LogP contribution in [-0.2, 0) is 9.84 Å². The average Bonchev–Trinajstić information content (AvgIpc) is 2.72. The van der Waals surface area contributed by atoms with Gasteiger partial charge in [0.05, 0.1) is 23.1 Å². The number of amidine groups is 1. The number of sulfone groups is 1. The predicted octanol–water partition coefficient (Wildman–Crippen LogP) is 1.28. The molecule has 2 heterocycles. The molecule has 0 aliphatic carbocycles. The molecule has 98 valence electrons. The second-order valence-electron chi connectivity index (χ2n) is 5.58. The second-order valence-corrected chi connectivity index (χ2v) is 8.78. The molecule has 6 heteroatoms. The Morgan fingerprint density at radius 2 is 2.24 bits per heavy atom. The maximum atomic E-state index is 11.5. The molecule has 2 aliphatic rings. The zero-order valence-electron chi connectivity index (χ0n) is 10.6. The molecule has 0 bridgehead atoms. The first kappa shape index (κ1) is 13.2. The Morgan fingerprint density at radius 3 is 2.71 bits per heavy atom. The van der Waals surface area contributed by atoms with Gasteiger partial charge in [-0.15, -0.1) is 0 Å². The van der Waals surface area contributed by atoms with Crippen LogP contribution in [0.2, 0.25) is 0 Å². The van der Waals surface area contributed by atoms with E-state index in [-0.39, 0.29) is 11.3 Å². The fourth-order valence-corrected chi connectivity index (χ4v) is 5.58. The third-order valence-corrected chi connectivity index (χ3v) is 6.25. The molecule has 0 saturated carbocycles. The maximum Gasteiger partial charge on any atom is 0.157 e. The van der Waals surface area contributed by atoms with E-state index in [0.29, 0.717) is 24.1 Å². The molecule has 0 spiro atoms. The molecule has 2 aliphatic heterocycles. The summed E-state index contributed by atoms with van der Waals surface area (Å²) in [5.41, 5.74) is -0.323. The first-order valence-electron chi connectivity index (χ1n) is 5.99. The van der Waals surface area contributed by atoms with Crippen molar-refractivity contribution in [1.29, 1.82) is 0 Å². The van der Waals surface area contributed by atoms with E-state index in [9.17, 15) is 8.42 Å². The van der Waals surface area contributed by atoms with Crippen LogP contribution in [0.4, 0.5) is 0 Å². The van der Waals surface area contributed by atoms with Crippen LogP contribution in [0.3, 0.4) is 0 Å². The average molecular weight is 276 g/mol. The van der Waals surface area contributed by atoms with Gasteiger partial charge in [0.2, 0.25) is 0 Å². The number of thioether (sulfide) groups is 1. The standard InChI is InChI=1S/C11H20N2O2S2/c1-8(2)9-6-16-10(12-9)13-11(3)4-5-17(14,15)7-11/h8-9H,4-7H2,1-3H3,(H,12,13). The number of aliphatic imine (C=N–C) groups is 1. The van der Waals surface area contributed by atoms with E-state index < -0.39 is 9.84 Å². The Bertz CT molecular complexity index is 431. The highest BCUT2D eigenvalue weighted by Crippen LogP contribution is 2.27. The van der Waals surface area contributed by atoms with Gasteiger partial charge in [0, 0.05) is 5.75 Å². The number of hydrogen-bond donors (Lipinski definition) is 1. The van der Waals surface area contributed by atoms with Crippen molar-refractivity contribution in [3.63, 3.8) is 0 Å². The quantitative estimate of drug-likeness (QED) is 0.825. The Kier molecular flexibility index (Phi) is 3.47. The summed E-state index contributed by atoms with van der Waals surface area (Å²) >= 11 is 1.71. The van der Waals surface area contributed by atoms with Crippen LogP contribution in [0.15, 0.2) is 4.99 Å². The summed E-state index contributed by atoms with van der Waals surface area (Å²) in [4.78, 5) is 4.62. The molecule has 2 rings (SSSR count). The zero-order chi connectivity index (χ0) is 12.7. The third kappa shape index (κ3) is 3.16. The van der Waals surface area contributed by atoms with Crippen molar-refractivity contribution < 1.29 is 8.42 Å². The first-order chi connectivity index (χ1) is 7.80. The lowest BCUT2D eigenvalue weighted by Gasteiger charge is -2.24. The minimum absolute atomic E-state index is 0.228. The first-order valence-corrected chi connectivity index (χ1v) is 8.80. The van der Waals surface area contributed by atoms with Gasteiger partial charge in [0.15, 0.2) is 15.0 Å². The SMILES string of the molecule is CC(C)C1CSC(NC2(C)CCS(=O)(=O)C2)=N1. The summed E-state index contributed by atoms with van der Waals surface area (Å²) in [6, 6.07) is 0.365. The maximum absolute atomic E-state index is 11.5. The van der Waals surface area contributed by atoms with Crippen molar-refractivity contribution in [3.8, 4) is 0 Å². The monoisotopic (exact) mass is 276 g/mol. The highest BCUT2D eigenvalue weighted by atomic mass is 32.2. The van der Waals surface area contributed by atoms with E-state index in [2.05, 4.69) is 24.2 Å². The summed E-state index contributed by atoms with van der Waals surface area (Å²) in [5.74, 6) is 2.07. The molecule has 2 unspecified atom stereocenters. The number of nitrogens with one attached hydrogen (secondary N) is 1. The van der Waals surface area contributed by atoms with E-state index in [1.165, 1.54) is 0 Å². The molecule has 0 aromatic heterocycles. The third-order valence-electron chi connectivity index (χ3n) is 3.36. The lowest BCUT2D eigenvalue weighted by molar-refractivity contribution is 0.471. The van der Waals surface area contributed by atoms with Crippen LogP contribution in [0.1, 0.15) is 27.2 Å². The summed E-state index contributed by atoms with van der Waals surface area (Å²) in [5, 5.41) is 4.25. The van der Waals surface area contributed by atoms with Crippen molar-refractivity contribution in [2.24, 2.45) is 10.9 Å². The molecule has 0 radical (unpaired) electrons. The van der Waals surface area contributed by atoms with Crippen LogP contribution in [0, 0.1) is 5.92 Å². The van der Waals surface area contributed by atoms with Crippen LogP contribution >= 0.6 is 11.8 Å². The summed E-state index contributed by atoms with van der Waals surface area (Å²) in [6.07, 6.45) is 0.682. The minimum atomic E-state index is -2.85. The van der Waals surface area contributed by atoms with Gasteiger partial charge in [0.25, 0.3) is 0 Å². The molecule has 1 saturated heterocycles. The fourth-order valence-electron chi connectivity index (χ4n) is 2.17. The Balaban J connectivity index is 2.01. The molecule has 0 aromatic carbocycles. The lowest BCUT2D eigenvalue weighted by Crippen LogP contribution is -2.45. The minimum Gasteiger partial charge on any atom is -0.359 e. The van der Waals surface area contributed by atoms with Gasteiger partial charge in [-0.3, -0.25) is 4.99 Å². The Hall–Kier alpha value is -0.230. The van der Waals surface area contributed by atoms with Crippen LogP contribution in [0.5, 0.6) is 0 Å². The van der Waals surface area contributed by atoms with Crippen molar-refractivity contribution in [2.75, 3.05) is 17.3 Å². The zero-order valence-corrected chi connectivity index (χ0v) is 12.2. The van der Waals surface area contributed by atoms with Gasteiger partial charge >= 0.3 is 0 Å². The van der Waals surface area contributed by atoms with Crippen LogP contribution in [0.25, 0.3) is 0 Å². The van der Waals surface area contributed by atoms with Crippen molar-refractivity contribution in [2.45, 2.75) is 38.8 Å². The molecule has 1 fully saturated rings. The van der Waals surface area contributed by atoms with Gasteiger partial charge in [-0.25, -0.2) is 8.42 Å². The van der Waals surface area contributed by atoms with Gasteiger partial charge in [-0.2, -0.15) is 0 Å². The van der Waals surface area contributed by atoms with Gasteiger partial charge in [-0.1, -0.05) is 25.6 Å². The lowest BCUT2D eigenvalue weighted by atomic mass is 10.0. The highest BCUT2D eigenvalue weighted by molar-refractivity contribution is 8.14. The molecule has 0 aromatic rings. The van der Waals surface area contributed by atoms with Crippen LogP contribution in [-0.4, -0.2) is 42.4 Å². The number of nitrogens with zero attached hydrogens (tertiary/aromatic N) is 1. The number of hydrogen-bond acceptors (Lipinski definition) is 5. The van der Waals surface area contributed by atoms with Crippen molar-refractivity contribution in [3.05, 3.63) is 0 Å². The van der Waals surface area contributed by atoms with E-state index in [0.717, 1.165) is 10.9 Å². The Morgan fingerprint density at radius 1 is 1.53 bits per heavy atom. The molecule has 2 atom stereocenters. The predicted molar refractivity (Wildman–Crippen MR) is 73.3 cm³/mol.